The van der Waals surface area contributed by atoms with Crippen LogP contribution in [0.3, 0.4) is 0 Å². The molecule has 6 nitrogen and oxygen atoms in total. The van der Waals surface area contributed by atoms with Gasteiger partial charge in [-0.1, -0.05) is 6.92 Å². The Morgan fingerprint density at radius 1 is 1.41 bits per heavy atom. The Bertz CT molecular complexity index is 363. The molecule has 0 fully saturated rings. The van der Waals surface area contributed by atoms with Gasteiger partial charge in [0, 0.05) is 19.0 Å². The van der Waals surface area contributed by atoms with Crippen molar-refractivity contribution in [1.82, 2.24) is 15.1 Å². The van der Waals surface area contributed by atoms with Crippen molar-refractivity contribution in [3.8, 4) is 0 Å². The number of carboxylic acid groups (broad SMARTS) is 1. The molecule has 0 saturated carbocycles. The maximum Gasteiger partial charge on any atom is 0.304 e. The van der Waals surface area contributed by atoms with Gasteiger partial charge in [0.05, 0.1) is 13.0 Å². The second-order valence-corrected chi connectivity index (χ2v) is 4.15. The average Bonchev–Trinajstić information content (AvgIpc) is 2.71. The monoisotopic (exact) mass is 241 g/mol. The molecular weight excluding hydrogens is 222 g/mol. The summed E-state index contributed by atoms with van der Waals surface area (Å²) in [5.41, 5.74) is 0. The summed E-state index contributed by atoms with van der Waals surface area (Å²) in [7, 11) is 0. The number of hydrogen-bond donors (Lipinski definition) is 1. The number of aliphatic carboxylic acids is 1. The Morgan fingerprint density at radius 3 is 2.53 bits per heavy atom. The molecule has 0 saturated heterocycles. The van der Waals surface area contributed by atoms with Gasteiger partial charge in [-0.25, -0.2) is 0 Å². The topological polar surface area (TPSA) is 79.5 Å². The number of carbonyl (C=O) groups is 1. The van der Waals surface area contributed by atoms with Gasteiger partial charge < -0.3 is 9.52 Å². The standard InChI is InChI=1S/C11H19N3O3/c1-4-9-12-13-10(17-9)7-14(8(2)3)6-5-11(15)16/h8H,4-7H2,1-3H3,(H,15,16). The largest absolute Gasteiger partial charge is 0.481 e. The number of rotatable bonds is 7. The van der Waals surface area contributed by atoms with Gasteiger partial charge in [-0.2, -0.15) is 0 Å². The van der Waals surface area contributed by atoms with Crippen molar-refractivity contribution in [3.05, 3.63) is 11.8 Å². The summed E-state index contributed by atoms with van der Waals surface area (Å²) in [6.45, 7) is 6.95. The van der Waals surface area contributed by atoms with Gasteiger partial charge in [0.15, 0.2) is 0 Å². The van der Waals surface area contributed by atoms with E-state index in [2.05, 4.69) is 10.2 Å². The van der Waals surface area contributed by atoms with E-state index in [9.17, 15) is 4.79 Å². The predicted octanol–water partition coefficient (Wildman–Crippen LogP) is 1.32. The van der Waals surface area contributed by atoms with Gasteiger partial charge in [0.25, 0.3) is 0 Å². The first kappa shape index (κ1) is 13.6. The van der Waals surface area contributed by atoms with Gasteiger partial charge in [0.2, 0.25) is 11.8 Å². The van der Waals surface area contributed by atoms with Crippen molar-refractivity contribution >= 4 is 5.97 Å². The third-order valence-corrected chi connectivity index (χ3v) is 2.49. The van der Waals surface area contributed by atoms with E-state index in [-0.39, 0.29) is 12.5 Å². The molecule has 17 heavy (non-hydrogen) atoms. The molecule has 0 aliphatic carbocycles. The van der Waals surface area contributed by atoms with Crippen molar-refractivity contribution in [2.24, 2.45) is 0 Å². The van der Waals surface area contributed by atoms with Crippen LogP contribution >= 0.6 is 0 Å². The van der Waals surface area contributed by atoms with Crippen LogP contribution in [0.4, 0.5) is 0 Å². The summed E-state index contributed by atoms with van der Waals surface area (Å²) in [4.78, 5) is 12.6. The van der Waals surface area contributed by atoms with Gasteiger partial charge in [-0.15, -0.1) is 10.2 Å². The smallest absolute Gasteiger partial charge is 0.304 e. The van der Waals surface area contributed by atoms with Gasteiger partial charge in [-0.05, 0) is 13.8 Å². The highest BCUT2D eigenvalue weighted by Crippen LogP contribution is 2.08. The van der Waals surface area contributed by atoms with E-state index < -0.39 is 5.97 Å². The van der Waals surface area contributed by atoms with Gasteiger partial charge in [0.1, 0.15) is 0 Å². The van der Waals surface area contributed by atoms with Crippen LogP contribution < -0.4 is 0 Å². The lowest BCUT2D eigenvalue weighted by molar-refractivity contribution is -0.137. The molecule has 0 aromatic carbocycles. The lowest BCUT2D eigenvalue weighted by atomic mass is 10.3. The Morgan fingerprint density at radius 2 is 2.06 bits per heavy atom. The fourth-order valence-electron chi connectivity index (χ4n) is 1.43. The van der Waals surface area contributed by atoms with Crippen molar-refractivity contribution in [3.63, 3.8) is 0 Å². The molecule has 0 amide bonds. The maximum atomic E-state index is 10.6. The molecule has 6 heteroatoms. The number of hydrogen-bond acceptors (Lipinski definition) is 5. The zero-order valence-electron chi connectivity index (χ0n) is 10.5. The van der Waals surface area contributed by atoms with Crippen LogP contribution in [-0.2, 0) is 17.8 Å². The lowest BCUT2D eigenvalue weighted by Gasteiger charge is -2.23. The van der Waals surface area contributed by atoms with Crippen molar-refractivity contribution in [2.75, 3.05) is 6.54 Å². The molecule has 0 aliphatic rings. The third-order valence-electron chi connectivity index (χ3n) is 2.49. The van der Waals surface area contributed by atoms with Gasteiger partial charge >= 0.3 is 5.97 Å². The third kappa shape index (κ3) is 4.52. The molecule has 0 unspecified atom stereocenters. The zero-order valence-corrected chi connectivity index (χ0v) is 10.5. The molecule has 1 N–H and O–H groups in total. The van der Waals surface area contributed by atoms with Crippen LogP contribution in [0.5, 0.6) is 0 Å². The summed E-state index contributed by atoms with van der Waals surface area (Å²) in [6.07, 6.45) is 0.830. The summed E-state index contributed by atoms with van der Waals surface area (Å²) in [6, 6.07) is 0.242. The van der Waals surface area contributed by atoms with Crippen LogP contribution in [0, 0.1) is 0 Å². The molecule has 0 aliphatic heterocycles. The van der Waals surface area contributed by atoms with Crippen LogP contribution in [-0.4, -0.2) is 38.8 Å². The molecule has 1 aromatic heterocycles. The first-order chi connectivity index (χ1) is 8.02. The van der Waals surface area contributed by atoms with E-state index in [4.69, 9.17) is 9.52 Å². The number of aryl methyl sites for hydroxylation is 1. The molecule has 1 heterocycles. The van der Waals surface area contributed by atoms with E-state index in [1.165, 1.54) is 0 Å². The summed E-state index contributed by atoms with van der Waals surface area (Å²) in [5.74, 6) is 0.360. The zero-order chi connectivity index (χ0) is 12.8. The van der Waals surface area contributed by atoms with E-state index in [0.717, 1.165) is 0 Å². The maximum absolute atomic E-state index is 10.6. The lowest BCUT2D eigenvalue weighted by Crippen LogP contribution is -2.32. The minimum Gasteiger partial charge on any atom is -0.481 e. The first-order valence-corrected chi connectivity index (χ1v) is 5.80. The van der Waals surface area contributed by atoms with Crippen LogP contribution in [0.25, 0.3) is 0 Å². The molecule has 1 aromatic rings. The average molecular weight is 241 g/mol. The molecule has 0 spiro atoms. The Hall–Kier alpha value is -1.43. The second-order valence-electron chi connectivity index (χ2n) is 4.15. The molecule has 1 rings (SSSR count). The summed E-state index contributed by atoms with van der Waals surface area (Å²) in [5, 5.41) is 16.5. The normalized spacial score (nSPS) is 11.4. The van der Waals surface area contributed by atoms with Crippen LogP contribution in [0.2, 0.25) is 0 Å². The van der Waals surface area contributed by atoms with Crippen molar-refractivity contribution in [1.29, 1.82) is 0 Å². The molecule has 0 atom stereocenters. The fraction of sp³-hybridized carbons (Fsp3) is 0.727. The van der Waals surface area contributed by atoms with Crippen molar-refractivity contribution in [2.45, 2.75) is 46.2 Å². The molecule has 96 valence electrons. The van der Waals surface area contributed by atoms with Gasteiger partial charge in [-0.3, -0.25) is 9.69 Å². The minimum atomic E-state index is -0.796. The number of nitrogens with zero attached hydrogens (tertiary/aromatic N) is 3. The first-order valence-electron chi connectivity index (χ1n) is 5.80. The van der Waals surface area contributed by atoms with Crippen LogP contribution in [0.1, 0.15) is 39.0 Å². The summed E-state index contributed by atoms with van der Waals surface area (Å²) < 4.78 is 5.41. The van der Waals surface area contributed by atoms with E-state index >= 15 is 0 Å². The minimum absolute atomic E-state index is 0.118. The highest BCUT2D eigenvalue weighted by molar-refractivity contribution is 5.66. The highest BCUT2D eigenvalue weighted by atomic mass is 16.4. The Balaban J connectivity index is 2.56. The van der Waals surface area contributed by atoms with Crippen molar-refractivity contribution < 1.29 is 14.3 Å². The van der Waals surface area contributed by atoms with E-state index in [0.29, 0.717) is 31.3 Å². The van der Waals surface area contributed by atoms with E-state index in [1.807, 2.05) is 25.7 Å². The summed E-state index contributed by atoms with van der Waals surface area (Å²) >= 11 is 0. The Labute approximate surface area is 101 Å². The fourth-order valence-corrected chi connectivity index (χ4v) is 1.43. The quantitative estimate of drug-likeness (QED) is 0.775. The van der Waals surface area contributed by atoms with Crippen LogP contribution in [0.15, 0.2) is 4.42 Å². The van der Waals surface area contributed by atoms with E-state index in [1.54, 1.807) is 0 Å². The number of aromatic nitrogens is 2. The Kier molecular flexibility index (Phi) is 5.09. The number of carboxylic acids is 1. The predicted molar refractivity (Wildman–Crippen MR) is 61.5 cm³/mol. The molecule has 0 bridgehead atoms. The molecular formula is C11H19N3O3. The molecule has 0 radical (unpaired) electrons. The second kappa shape index (κ2) is 6.34. The highest BCUT2D eigenvalue weighted by Gasteiger charge is 2.15. The SMILES string of the molecule is CCc1nnc(CN(CCC(=O)O)C(C)C)o1.